The van der Waals surface area contributed by atoms with Crippen LogP contribution in [-0.2, 0) is 14.3 Å². The van der Waals surface area contributed by atoms with Crippen molar-refractivity contribution in [1.29, 1.82) is 0 Å². The highest BCUT2D eigenvalue weighted by molar-refractivity contribution is 5.76. The number of nitrogens with one attached hydrogen (secondary N) is 1. The molecule has 1 rings (SSSR count). The maximum atomic E-state index is 12.9. The van der Waals surface area contributed by atoms with Gasteiger partial charge in [0, 0.05) is 6.42 Å². The first kappa shape index (κ1) is 48.7. The van der Waals surface area contributed by atoms with Crippen molar-refractivity contribution in [3.05, 3.63) is 24.3 Å². The fourth-order valence-corrected chi connectivity index (χ4v) is 6.76. The van der Waals surface area contributed by atoms with Gasteiger partial charge in [-0.05, 0) is 32.1 Å². The molecule has 0 bridgehead atoms. The lowest BCUT2D eigenvalue weighted by Gasteiger charge is -2.40. The van der Waals surface area contributed by atoms with Gasteiger partial charge in [-0.1, -0.05) is 173 Å². The van der Waals surface area contributed by atoms with E-state index in [2.05, 4.69) is 31.3 Å². The fourth-order valence-electron chi connectivity index (χ4n) is 6.76. The second-order valence-electron chi connectivity index (χ2n) is 15.1. The number of carbonyl (C=O) groups excluding carboxylic acids is 1. The highest BCUT2D eigenvalue weighted by Crippen LogP contribution is 2.22. The highest BCUT2D eigenvalue weighted by atomic mass is 16.7. The van der Waals surface area contributed by atoms with Gasteiger partial charge in [0.2, 0.25) is 5.91 Å². The molecule has 2 unspecified atom stereocenters. The molecule has 52 heavy (non-hydrogen) atoms. The Kier molecular flexibility index (Phi) is 32.0. The van der Waals surface area contributed by atoms with Gasteiger partial charge in [0.25, 0.3) is 0 Å². The van der Waals surface area contributed by atoms with Crippen LogP contribution in [0.4, 0.5) is 0 Å². The van der Waals surface area contributed by atoms with E-state index in [1.54, 1.807) is 6.08 Å². The van der Waals surface area contributed by atoms with Crippen LogP contribution >= 0.6 is 0 Å². The fraction of sp³-hybridized carbons (Fsp3) is 0.884. The van der Waals surface area contributed by atoms with E-state index >= 15 is 0 Å². The number of carbonyl (C=O) groups is 1. The van der Waals surface area contributed by atoms with E-state index in [-0.39, 0.29) is 12.5 Å². The molecule has 1 heterocycles. The molecule has 9 nitrogen and oxygen atoms in total. The van der Waals surface area contributed by atoms with E-state index in [9.17, 15) is 30.3 Å². The normalized spacial score (nSPS) is 22.0. The van der Waals surface area contributed by atoms with Crippen LogP contribution in [0, 0.1) is 0 Å². The summed E-state index contributed by atoms with van der Waals surface area (Å²) in [5.74, 6) is -0.187. The molecule has 6 N–H and O–H groups in total. The number of aliphatic hydroxyl groups excluding tert-OH is 5. The van der Waals surface area contributed by atoms with Gasteiger partial charge in [0.1, 0.15) is 24.4 Å². The molecule has 306 valence electrons. The van der Waals surface area contributed by atoms with Crippen molar-refractivity contribution in [2.75, 3.05) is 13.2 Å². The van der Waals surface area contributed by atoms with Crippen molar-refractivity contribution >= 4 is 5.91 Å². The Labute approximate surface area is 318 Å². The Bertz CT molecular complexity index is 868. The number of rotatable bonds is 35. The maximum absolute atomic E-state index is 12.9. The van der Waals surface area contributed by atoms with Gasteiger partial charge < -0.3 is 40.3 Å². The van der Waals surface area contributed by atoms with Crippen LogP contribution < -0.4 is 5.32 Å². The highest BCUT2D eigenvalue weighted by Gasteiger charge is 2.44. The Hall–Kier alpha value is -1.33. The van der Waals surface area contributed by atoms with Crippen LogP contribution in [0.5, 0.6) is 0 Å². The molecule has 1 fully saturated rings. The molecule has 0 aromatic carbocycles. The van der Waals surface area contributed by atoms with Crippen LogP contribution in [0.25, 0.3) is 0 Å². The smallest absolute Gasteiger partial charge is 0.220 e. The van der Waals surface area contributed by atoms with Gasteiger partial charge in [-0.3, -0.25) is 4.79 Å². The molecule has 0 spiro atoms. The van der Waals surface area contributed by atoms with Crippen molar-refractivity contribution in [3.8, 4) is 0 Å². The van der Waals surface area contributed by atoms with Gasteiger partial charge in [0.05, 0.1) is 25.4 Å². The maximum Gasteiger partial charge on any atom is 0.220 e. The zero-order valence-electron chi connectivity index (χ0n) is 33.3. The minimum Gasteiger partial charge on any atom is -0.394 e. The van der Waals surface area contributed by atoms with Gasteiger partial charge in [0.15, 0.2) is 6.29 Å². The van der Waals surface area contributed by atoms with Crippen molar-refractivity contribution in [2.24, 2.45) is 0 Å². The number of unbranched alkanes of at least 4 members (excludes halogenated alkanes) is 23. The molecule has 0 aromatic rings. The predicted molar refractivity (Wildman–Crippen MR) is 212 cm³/mol. The van der Waals surface area contributed by atoms with Gasteiger partial charge in [-0.25, -0.2) is 0 Å². The average Bonchev–Trinajstić information content (AvgIpc) is 3.14. The summed E-state index contributed by atoms with van der Waals surface area (Å²) in [5, 5.41) is 54.0. The molecule has 9 heteroatoms. The largest absolute Gasteiger partial charge is 0.394 e. The lowest BCUT2D eigenvalue weighted by atomic mass is 9.99. The third-order valence-corrected chi connectivity index (χ3v) is 10.3. The lowest BCUT2D eigenvalue weighted by molar-refractivity contribution is -0.302. The van der Waals surface area contributed by atoms with Crippen molar-refractivity contribution < 1.29 is 39.8 Å². The first-order valence-electron chi connectivity index (χ1n) is 21.6. The van der Waals surface area contributed by atoms with Gasteiger partial charge >= 0.3 is 0 Å². The Morgan fingerprint density at radius 2 is 1.10 bits per heavy atom. The summed E-state index contributed by atoms with van der Waals surface area (Å²) in [5.41, 5.74) is 0. The van der Waals surface area contributed by atoms with Crippen molar-refractivity contribution in [3.63, 3.8) is 0 Å². The third kappa shape index (κ3) is 24.9. The van der Waals surface area contributed by atoms with Crippen molar-refractivity contribution in [2.45, 2.75) is 230 Å². The first-order chi connectivity index (χ1) is 25.3. The molecular weight excluding hydrogens is 658 g/mol. The molecule has 1 amide bonds. The van der Waals surface area contributed by atoms with E-state index in [0.29, 0.717) is 6.42 Å². The average molecular weight is 740 g/mol. The van der Waals surface area contributed by atoms with E-state index < -0.39 is 49.5 Å². The number of hydrogen-bond donors (Lipinski definition) is 6. The topological polar surface area (TPSA) is 149 Å². The van der Waals surface area contributed by atoms with Gasteiger partial charge in [-0.15, -0.1) is 0 Å². The monoisotopic (exact) mass is 740 g/mol. The number of allylic oxidation sites excluding steroid dienone is 3. The van der Waals surface area contributed by atoms with E-state index in [1.165, 1.54) is 128 Å². The minimum absolute atomic E-state index is 0.187. The quantitative estimate of drug-likeness (QED) is 0.0281. The second kappa shape index (κ2) is 34.2. The summed E-state index contributed by atoms with van der Waals surface area (Å²) in [6, 6.07) is -0.815. The lowest BCUT2D eigenvalue weighted by Crippen LogP contribution is -2.60. The predicted octanol–water partition coefficient (Wildman–Crippen LogP) is 8.33. The number of hydrogen-bond acceptors (Lipinski definition) is 8. The summed E-state index contributed by atoms with van der Waals surface area (Å²) in [4.78, 5) is 12.9. The minimum atomic E-state index is -1.57. The molecule has 0 saturated carbocycles. The zero-order chi connectivity index (χ0) is 38.1. The second-order valence-corrected chi connectivity index (χ2v) is 15.1. The van der Waals surface area contributed by atoms with Gasteiger partial charge in [-0.2, -0.15) is 0 Å². The van der Waals surface area contributed by atoms with E-state index in [0.717, 1.165) is 38.5 Å². The number of amides is 1. The molecule has 1 aliphatic rings. The summed E-state index contributed by atoms with van der Waals surface area (Å²) in [6.45, 7) is 3.73. The Morgan fingerprint density at radius 3 is 1.62 bits per heavy atom. The molecule has 0 aliphatic carbocycles. The standard InChI is InChI=1S/C43H81NO8/c1-3-5-7-9-11-13-15-17-18-19-20-21-23-25-27-29-31-33-39(47)44-36(35-51-43-42(50)41(49)40(48)38(34-45)52-43)37(46)32-30-28-26-24-22-16-14-12-10-8-6-4-2/h22,24,30,32,36-38,40-43,45-46,48-50H,3-21,23,25-29,31,33-35H2,1-2H3,(H,44,47)/b24-22+,32-30+/t36-,37+,38-,40-,41?,42?,43-/m0/s1. The third-order valence-electron chi connectivity index (χ3n) is 10.3. The Morgan fingerprint density at radius 1 is 0.635 bits per heavy atom. The summed E-state index contributed by atoms with van der Waals surface area (Å²) >= 11 is 0. The SMILES string of the molecule is CCCCCCCC/C=C/CC/C=C/[C@@H](O)[C@H](CO[C@H]1O[C@@H](CO)[C@H](O)C(O)C1O)NC(=O)CCCCCCCCCCCCCCCCCCC. The van der Waals surface area contributed by atoms with Crippen LogP contribution in [0.2, 0.25) is 0 Å². The molecule has 0 aromatic heterocycles. The first-order valence-corrected chi connectivity index (χ1v) is 21.6. The molecule has 0 radical (unpaired) electrons. The summed E-state index contributed by atoms with van der Waals surface area (Å²) in [6.07, 6.45) is 32.2. The number of aliphatic hydroxyl groups is 5. The number of ether oxygens (including phenoxy) is 2. The zero-order valence-corrected chi connectivity index (χ0v) is 33.3. The van der Waals surface area contributed by atoms with Crippen molar-refractivity contribution in [1.82, 2.24) is 5.32 Å². The van der Waals surface area contributed by atoms with Crippen LogP contribution in [0.1, 0.15) is 187 Å². The molecule has 7 atom stereocenters. The molecular formula is C43H81NO8. The molecule has 1 saturated heterocycles. The van der Waals surface area contributed by atoms with E-state index in [4.69, 9.17) is 9.47 Å². The van der Waals surface area contributed by atoms with Crippen LogP contribution in [0.3, 0.4) is 0 Å². The van der Waals surface area contributed by atoms with Crippen LogP contribution in [-0.4, -0.2) is 87.5 Å². The summed E-state index contributed by atoms with van der Waals surface area (Å²) in [7, 11) is 0. The molecule has 1 aliphatic heterocycles. The van der Waals surface area contributed by atoms with E-state index in [1.807, 2.05) is 6.08 Å². The Balaban J connectivity index is 2.38. The summed E-state index contributed by atoms with van der Waals surface area (Å²) < 4.78 is 11.2. The van der Waals surface area contributed by atoms with Crippen LogP contribution in [0.15, 0.2) is 24.3 Å².